The number of likely N-dealkylation sites (tertiary alicyclic amines) is 1. The van der Waals surface area contributed by atoms with E-state index in [1.807, 2.05) is 25.1 Å². The van der Waals surface area contributed by atoms with E-state index in [1.54, 1.807) is 0 Å². The molecule has 1 saturated heterocycles. The summed E-state index contributed by atoms with van der Waals surface area (Å²) in [5, 5.41) is 3.32. The monoisotopic (exact) mass is 274 g/mol. The highest BCUT2D eigenvalue weighted by Gasteiger charge is 2.19. The van der Waals surface area contributed by atoms with Crippen LogP contribution in [0.2, 0.25) is 0 Å². The van der Waals surface area contributed by atoms with Crippen LogP contribution in [0.4, 0.5) is 5.69 Å². The van der Waals surface area contributed by atoms with E-state index in [-0.39, 0.29) is 11.9 Å². The summed E-state index contributed by atoms with van der Waals surface area (Å²) in [4.78, 5) is 14.6. The molecule has 3 rings (SSSR count). The fraction of sp³-hybridized carbons (Fsp3) is 0.562. The summed E-state index contributed by atoms with van der Waals surface area (Å²) in [5.41, 5.74) is 1.72. The van der Waals surface area contributed by atoms with Crippen molar-refractivity contribution in [2.45, 2.75) is 32.3 Å². The Balaban J connectivity index is 1.69. The molecule has 1 unspecified atom stereocenters. The van der Waals surface area contributed by atoms with Crippen molar-refractivity contribution >= 4 is 11.5 Å². The number of Topliss-reactive ketones (excluding diaryl/α,β-unsaturated/α-hetero) is 1. The molecule has 1 fully saturated rings. The third-order valence-electron chi connectivity index (χ3n) is 4.03. The predicted molar refractivity (Wildman–Crippen MR) is 79.6 cm³/mol. The molecule has 4 nitrogen and oxygen atoms in total. The second kappa shape index (κ2) is 5.83. The van der Waals surface area contributed by atoms with Crippen molar-refractivity contribution in [3.8, 4) is 5.75 Å². The molecular formula is C16H22N2O2. The minimum absolute atomic E-state index is 0.178. The van der Waals surface area contributed by atoms with Gasteiger partial charge in [-0.3, -0.25) is 9.69 Å². The summed E-state index contributed by atoms with van der Waals surface area (Å²) >= 11 is 0. The number of fused-ring (bicyclic) bond motifs is 1. The Morgan fingerprint density at radius 1 is 1.35 bits per heavy atom. The van der Waals surface area contributed by atoms with E-state index in [0.717, 1.165) is 36.6 Å². The van der Waals surface area contributed by atoms with Crippen LogP contribution in [0.25, 0.3) is 0 Å². The highest BCUT2D eigenvalue weighted by atomic mass is 16.5. The van der Waals surface area contributed by atoms with Crippen LogP contribution < -0.4 is 10.1 Å². The standard InChI is InChI=1S/C16H22N2O2/c1-12-10-17-14-9-13(5-6-16(14)20-12)15(19)11-18-7-3-2-4-8-18/h5-6,9,12,17H,2-4,7-8,10-11H2,1H3. The van der Waals surface area contributed by atoms with E-state index < -0.39 is 0 Å². The van der Waals surface area contributed by atoms with Gasteiger partial charge in [0.1, 0.15) is 11.9 Å². The number of nitrogens with one attached hydrogen (secondary N) is 1. The smallest absolute Gasteiger partial charge is 0.176 e. The molecule has 0 saturated carbocycles. The lowest BCUT2D eigenvalue weighted by molar-refractivity contribution is 0.0915. The van der Waals surface area contributed by atoms with Crippen LogP contribution in [0.15, 0.2) is 18.2 Å². The number of carbonyl (C=O) groups is 1. The summed E-state index contributed by atoms with van der Waals surface area (Å²) in [5.74, 6) is 1.05. The first-order valence-electron chi connectivity index (χ1n) is 7.52. The molecule has 0 bridgehead atoms. The molecule has 0 spiro atoms. The van der Waals surface area contributed by atoms with Crippen LogP contribution in [0, 0.1) is 0 Å². The SMILES string of the molecule is CC1CNc2cc(C(=O)CN3CCCCC3)ccc2O1. The van der Waals surface area contributed by atoms with Crippen molar-refractivity contribution in [1.29, 1.82) is 0 Å². The largest absolute Gasteiger partial charge is 0.487 e. The molecule has 0 aromatic heterocycles. The molecule has 0 radical (unpaired) electrons. The average molecular weight is 274 g/mol. The number of carbonyl (C=O) groups excluding carboxylic acids is 1. The second-order valence-corrected chi connectivity index (χ2v) is 5.78. The molecular weight excluding hydrogens is 252 g/mol. The lowest BCUT2D eigenvalue weighted by Gasteiger charge is -2.27. The number of benzene rings is 1. The number of rotatable bonds is 3. The van der Waals surface area contributed by atoms with Crippen LogP contribution in [0.1, 0.15) is 36.5 Å². The van der Waals surface area contributed by atoms with Gasteiger partial charge in [-0.25, -0.2) is 0 Å². The van der Waals surface area contributed by atoms with Crippen molar-refractivity contribution in [3.05, 3.63) is 23.8 Å². The number of hydrogen-bond donors (Lipinski definition) is 1. The lowest BCUT2D eigenvalue weighted by atomic mass is 10.1. The summed E-state index contributed by atoms with van der Waals surface area (Å²) in [6, 6.07) is 5.71. The summed E-state index contributed by atoms with van der Waals surface area (Å²) in [7, 11) is 0. The maximum atomic E-state index is 12.4. The minimum atomic E-state index is 0.178. The van der Waals surface area contributed by atoms with Gasteiger partial charge in [-0.2, -0.15) is 0 Å². The van der Waals surface area contributed by atoms with Crippen molar-refractivity contribution in [2.75, 3.05) is 31.5 Å². The van der Waals surface area contributed by atoms with Crippen molar-refractivity contribution < 1.29 is 9.53 Å². The number of nitrogens with zero attached hydrogens (tertiary/aromatic N) is 1. The minimum Gasteiger partial charge on any atom is -0.487 e. The number of ether oxygens (including phenoxy) is 1. The molecule has 1 atom stereocenters. The first kappa shape index (κ1) is 13.4. The lowest BCUT2D eigenvalue weighted by Crippen LogP contribution is -2.34. The molecule has 1 aromatic carbocycles. The van der Waals surface area contributed by atoms with Gasteiger partial charge in [0.05, 0.1) is 18.8 Å². The van der Waals surface area contributed by atoms with E-state index in [2.05, 4.69) is 10.2 Å². The number of hydrogen-bond acceptors (Lipinski definition) is 4. The van der Waals surface area contributed by atoms with Gasteiger partial charge in [0.2, 0.25) is 0 Å². The van der Waals surface area contributed by atoms with Crippen LogP contribution in [-0.4, -0.2) is 43.0 Å². The molecule has 1 aromatic rings. The van der Waals surface area contributed by atoms with Crippen LogP contribution >= 0.6 is 0 Å². The van der Waals surface area contributed by atoms with Gasteiger partial charge in [-0.05, 0) is 51.1 Å². The van der Waals surface area contributed by atoms with Crippen LogP contribution in [0.3, 0.4) is 0 Å². The van der Waals surface area contributed by atoms with Gasteiger partial charge in [-0.15, -0.1) is 0 Å². The summed E-state index contributed by atoms with van der Waals surface area (Å²) < 4.78 is 5.73. The zero-order valence-electron chi connectivity index (χ0n) is 12.0. The first-order valence-corrected chi connectivity index (χ1v) is 7.52. The third-order valence-corrected chi connectivity index (χ3v) is 4.03. The van der Waals surface area contributed by atoms with Crippen molar-refractivity contribution in [2.24, 2.45) is 0 Å². The van der Waals surface area contributed by atoms with Crippen LogP contribution in [0.5, 0.6) is 5.75 Å². The van der Waals surface area contributed by atoms with Crippen molar-refractivity contribution in [1.82, 2.24) is 4.90 Å². The fourth-order valence-electron chi connectivity index (χ4n) is 2.87. The molecule has 0 amide bonds. The fourth-order valence-corrected chi connectivity index (χ4v) is 2.87. The van der Waals surface area contributed by atoms with Gasteiger partial charge in [-0.1, -0.05) is 6.42 Å². The van der Waals surface area contributed by atoms with Crippen molar-refractivity contribution in [3.63, 3.8) is 0 Å². The molecule has 20 heavy (non-hydrogen) atoms. The Labute approximate surface area is 120 Å². The van der Waals surface area contributed by atoms with Crippen LogP contribution in [-0.2, 0) is 0 Å². The maximum absolute atomic E-state index is 12.4. The molecule has 108 valence electrons. The zero-order valence-corrected chi connectivity index (χ0v) is 12.0. The molecule has 4 heteroatoms. The average Bonchev–Trinajstić information content (AvgIpc) is 2.47. The highest BCUT2D eigenvalue weighted by molar-refractivity contribution is 5.98. The Morgan fingerprint density at radius 2 is 2.15 bits per heavy atom. The Kier molecular flexibility index (Phi) is 3.92. The van der Waals surface area contributed by atoms with E-state index in [1.165, 1.54) is 19.3 Å². The molecule has 2 heterocycles. The quantitative estimate of drug-likeness (QED) is 0.860. The predicted octanol–water partition coefficient (Wildman–Crippen LogP) is 2.55. The van der Waals surface area contributed by atoms with Gasteiger partial charge in [0.15, 0.2) is 5.78 Å². The summed E-state index contributed by atoms with van der Waals surface area (Å²) in [6.07, 6.45) is 3.90. The number of ketones is 1. The Morgan fingerprint density at radius 3 is 2.95 bits per heavy atom. The van der Waals surface area contributed by atoms with E-state index in [0.29, 0.717) is 6.54 Å². The first-order chi connectivity index (χ1) is 9.72. The molecule has 2 aliphatic heterocycles. The molecule has 1 N–H and O–H groups in total. The molecule has 0 aliphatic carbocycles. The zero-order chi connectivity index (χ0) is 13.9. The number of piperidine rings is 1. The molecule has 2 aliphatic rings. The second-order valence-electron chi connectivity index (χ2n) is 5.78. The van der Waals surface area contributed by atoms with Gasteiger partial charge in [0, 0.05) is 5.56 Å². The van der Waals surface area contributed by atoms with Gasteiger partial charge < -0.3 is 10.1 Å². The summed E-state index contributed by atoms with van der Waals surface area (Å²) in [6.45, 7) is 5.46. The topological polar surface area (TPSA) is 41.6 Å². The van der Waals surface area contributed by atoms with Gasteiger partial charge in [0.25, 0.3) is 0 Å². The van der Waals surface area contributed by atoms with Gasteiger partial charge >= 0.3 is 0 Å². The maximum Gasteiger partial charge on any atom is 0.176 e. The third kappa shape index (κ3) is 2.96. The number of anilines is 1. The Bertz CT molecular complexity index is 495. The highest BCUT2D eigenvalue weighted by Crippen LogP contribution is 2.30. The van der Waals surface area contributed by atoms with E-state index in [9.17, 15) is 4.79 Å². The van der Waals surface area contributed by atoms with E-state index in [4.69, 9.17) is 4.74 Å². The Hall–Kier alpha value is -1.55. The normalized spacial score (nSPS) is 22.6. The van der Waals surface area contributed by atoms with E-state index >= 15 is 0 Å².